The average molecular weight is 477 g/mol. The van der Waals surface area contributed by atoms with Gasteiger partial charge in [-0.15, -0.1) is 0 Å². The molecule has 3 unspecified atom stereocenters. The summed E-state index contributed by atoms with van der Waals surface area (Å²) < 4.78 is 5.69. The second-order valence-corrected chi connectivity index (χ2v) is 10.4. The van der Waals surface area contributed by atoms with Crippen LogP contribution in [0, 0.1) is 11.8 Å². The molecular formula is C28H32N2O5. The molecule has 0 radical (unpaired) electrons. The molecular weight excluding hydrogens is 444 g/mol. The number of hydrogen-bond donors (Lipinski definition) is 2. The number of fused-ring (bicyclic) bond motifs is 3. The van der Waals surface area contributed by atoms with E-state index in [1.165, 1.54) is 4.90 Å². The molecule has 0 bridgehead atoms. The van der Waals surface area contributed by atoms with Gasteiger partial charge in [0, 0.05) is 12.5 Å². The van der Waals surface area contributed by atoms with E-state index in [9.17, 15) is 19.5 Å². The van der Waals surface area contributed by atoms with Gasteiger partial charge < -0.3 is 20.1 Å². The third-order valence-electron chi connectivity index (χ3n) is 7.97. The maximum absolute atomic E-state index is 13.6. The summed E-state index contributed by atoms with van der Waals surface area (Å²) in [4.78, 5) is 40.0. The fraction of sp³-hybridized carbons (Fsp3) is 0.464. The van der Waals surface area contributed by atoms with Crippen molar-refractivity contribution in [2.24, 2.45) is 11.8 Å². The zero-order valence-corrected chi connectivity index (χ0v) is 20.2. The molecule has 1 saturated carbocycles. The fourth-order valence-electron chi connectivity index (χ4n) is 6.21. The molecule has 5 rings (SSSR count). The van der Waals surface area contributed by atoms with Gasteiger partial charge in [-0.25, -0.2) is 9.59 Å². The minimum absolute atomic E-state index is 0.0682. The third kappa shape index (κ3) is 4.07. The van der Waals surface area contributed by atoms with E-state index in [1.54, 1.807) is 0 Å². The highest BCUT2D eigenvalue weighted by atomic mass is 16.5. The highest BCUT2D eigenvalue weighted by molar-refractivity contribution is 5.94. The summed E-state index contributed by atoms with van der Waals surface area (Å²) in [6.07, 6.45) is 1.90. The lowest BCUT2D eigenvalue weighted by Gasteiger charge is -2.48. The Morgan fingerprint density at radius 3 is 2.17 bits per heavy atom. The number of likely N-dealkylation sites (tertiary alicyclic amines) is 1. The minimum atomic E-state index is -1.09. The van der Waals surface area contributed by atoms with Crippen LogP contribution in [0.1, 0.15) is 56.6 Å². The lowest BCUT2D eigenvalue weighted by atomic mass is 9.74. The Balaban J connectivity index is 1.30. The molecule has 3 aliphatic rings. The number of benzene rings is 2. The number of ether oxygens (including phenoxy) is 1. The van der Waals surface area contributed by atoms with E-state index in [-0.39, 0.29) is 30.3 Å². The van der Waals surface area contributed by atoms with E-state index in [0.717, 1.165) is 35.1 Å². The van der Waals surface area contributed by atoms with Crippen LogP contribution >= 0.6 is 0 Å². The second kappa shape index (κ2) is 9.02. The van der Waals surface area contributed by atoms with Crippen molar-refractivity contribution in [2.45, 2.75) is 57.0 Å². The normalized spacial score (nSPS) is 24.6. The predicted molar refractivity (Wildman–Crippen MR) is 131 cm³/mol. The number of nitrogens with zero attached hydrogens (tertiary/aromatic N) is 1. The minimum Gasteiger partial charge on any atom is -0.480 e. The quantitative estimate of drug-likeness (QED) is 0.667. The zero-order chi connectivity index (χ0) is 24.7. The van der Waals surface area contributed by atoms with Crippen molar-refractivity contribution in [1.29, 1.82) is 0 Å². The molecule has 2 fully saturated rings. The molecule has 184 valence electrons. The Morgan fingerprint density at radius 2 is 1.63 bits per heavy atom. The van der Waals surface area contributed by atoms with Crippen molar-refractivity contribution in [3.05, 3.63) is 59.7 Å². The summed E-state index contributed by atoms with van der Waals surface area (Å²) in [7, 11) is 0. The molecule has 7 nitrogen and oxygen atoms in total. The number of alkyl carbamates (subject to hydrolysis) is 1. The first-order chi connectivity index (χ1) is 16.8. The Kier molecular flexibility index (Phi) is 6.03. The van der Waals surface area contributed by atoms with E-state index in [2.05, 4.69) is 29.6 Å². The van der Waals surface area contributed by atoms with Crippen LogP contribution in [0.5, 0.6) is 0 Å². The third-order valence-corrected chi connectivity index (χ3v) is 7.97. The molecule has 2 amide bonds. The molecule has 7 heteroatoms. The smallest absolute Gasteiger partial charge is 0.408 e. The van der Waals surface area contributed by atoms with E-state index in [4.69, 9.17) is 4.74 Å². The van der Waals surface area contributed by atoms with Gasteiger partial charge in [0.15, 0.2) is 0 Å². The van der Waals surface area contributed by atoms with Crippen molar-refractivity contribution < 1.29 is 24.2 Å². The monoisotopic (exact) mass is 476 g/mol. The van der Waals surface area contributed by atoms with Crippen LogP contribution in [0.4, 0.5) is 4.79 Å². The maximum Gasteiger partial charge on any atom is 0.408 e. The van der Waals surface area contributed by atoms with Crippen molar-refractivity contribution in [3.63, 3.8) is 0 Å². The molecule has 2 N–H and O–H groups in total. The summed E-state index contributed by atoms with van der Waals surface area (Å²) in [5.74, 6) is -1.30. The van der Waals surface area contributed by atoms with Crippen LogP contribution < -0.4 is 5.32 Å². The van der Waals surface area contributed by atoms with Crippen LogP contribution in [0.2, 0.25) is 0 Å². The number of nitrogens with one attached hydrogen (secondary N) is 1. The lowest BCUT2D eigenvalue weighted by Crippen LogP contribution is -2.67. The summed E-state index contributed by atoms with van der Waals surface area (Å²) >= 11 is 0. The first-order valence-corrected chi connectivity index (χ1v) is 12.5. The molecule has 2 aromatic rings. The molecule has 0 spiro atoms. The Morgan fingerprint density at radius 1 is 1.03 bits per heavy atom. The molecule has 1 heterocycles. The molecule has 1 saturated heterocycles. The van der Waals surface area contributed by atoms with Crippen molar-refractivity contribution in [3.8, 4) is 11.1 Å². The van der Waals surface area contributed by atoms with E-state index < -0.39 is 23.6 Å². The molecule has 2 aliphatic carbocycles. The van der Waals surface area contributed by atoms with Crippen LogP contribution in [0.3, 0.4) is 0 Å². The fourth-order valence-corrected chi connectivity index (χ4v) is 6.21. The SMILES string of the molecule is CC1CC(C)C(C(=O)O)N(C(=O)C2(NC(=O)OCC3c4ccccc4-c4ccccc43)CCC2)C1. The Bertz CT molecular complexity index is 1110. The van der Waals surface area contributed by atoms with Gasteiger partial charge in [0.25, 0.3) is 0 Å². The summed E-state index contributed by atoms with van der Waals surface area (Å²) in [5, 5.41) is 12.7. The number of carbonyl (C=O) groups is 3. The number of piperidine rings is 1. The van der Waals surface area contributed by atoms with E-state index in [1.807, 2.05) is 38.1 Å². The summed E-state index contributed by atoms with van der Waals surface area (Å²) in [5.41, 5.74) is 3.45. The van der Waals surface area contributed by atoms with Crippen molar-refractivity contribution >= 4 is 18.0 Å². The van der Waals surface area contributed by atoms with Crippen molar-refractivity contribution in [1.82, 2.24) is 10.2 Å². The second-order valence-electron chi connectivity index (χ2n) is 10.4. The summed E-state index contributed by atoms with van der Waals surface area (Å²) in [6, 6.07) is 15.4. The molecule has 35 heavy (non-hydrogen) atoms. The molecule has 0 aromatic heterocycles. The zero-order valence-electron chi connectivity index (χ0n) is 20.2. The Hall–Kier alpha value is -3.35. The van der Waals surface area contributed by atoms with Gasteiger partial charge in [-0.05, 0) is 59.8 Å². The Labute approximate surface area is 205 Å². The van der Waals surface area contributed by atoms with Gasteiger partial charge in [-0.3, -0.25) is 4.79 Å². The predicted octanol–water partition coefficient (Wildman–Crippen LogP) is 4.41. The first kappa shape index (κ1) is 23.4. The molecule has 1 aliphatic heterocycles. The topological polar surface area (TPSA) is 95.9 Å². The van der Waals surface area contributed by atoms with E-state index in [0.29, 0.717) is 19.4 Å². The number of carboxylic acids is 1. The van der Waals surface area contributed by atoms with E-state index >= 15 is 0 Å². The number of carbonyl (C=O) groups excluding carboxylic acids is 2. The average Bonchev–Trinajstić information content (AvgIpc) is 3.12. The van der Waals surface area contributed by atoms with Gasteiger partial charge in [0.1, 0.15) is 18.2 Å². The van der Waals surface area contributed by atoms with Gasteiger partial charge in [-0.2, -0.15) is 0 Å². The first-order valence-electron chi connectivity index (χ1n) is 12.5. The van der Waals surface area contributed by atoms with Gasteiger partial charge in [0.05, 0.1) is 0 Å². The number of carboxylic acid groups (broad SMARTS) is 1. The number of amides is 2. The number of rotatable bonds is 5. The largest absolute Gasteiger partial charge is 0.480 e. The maximum atomic E-state index is 13.6. The van der Waals surface area contributed by atoms with Gasteiger partial charge >= 0.3 is 12.1 Å². The standard InChI is InChI=1S/C28H32N2O5/c1-17-14-18(2)24(25(31)32)30(15-17)26(33)28(12-7-13-28)29-27(34)35-16-23-21-10-5-3-8-19(21)20-9-4-6-11-22(20)23/h3-6,8-11,17-18,23-24H,7,12-16H2,1-2H3,(H,29,34)(H,31,32). The highest BCUT2D eigenvalue weighted by Crippen LogP contribution is 2.44. The van der Waals surface area contributed by atoms with Gasteiger partial charge in [-0.1, -0.05) is 62.4 Å². The van der Waals surface area contributed by atoms with Gasteiger partial charge in [0.2, 0.25) is 5.91 Å². The lowest BCUT2D eigenvalue weighted by molar-refractivity contribution is -0.161. The molecule has 3 atom stereocenters. The van der Waals surface area contributed by atoms with Crippen LogP contribution in [0.15, 0.2) is 48.5 Å². The number of aliphatic carboxylic acids is 1. The highest BCUT2D eigenvalue weighted by Gasteiger charge is 2.52. The molecule has 2 aromatic carbocycles. The van der Waals surface area contributed by atoms with Crippen LogP contribution in [-0.2, 0) is 14.3 Å². The van der Waals surface area contributed by atoms with Crippen molar-refractivity contribution in [2.75, 3.05) is 13.2 Å². The van der Waals surface area contributed by atoms with Crippen LogP contribution in [0.25, 0.3) is 11.1 Å². The van der Waals surface area contributed by atoms with Crippen LogP contribution in [-0.4, -0.2) is 52.7 Å². The number of hydrogen-bond acceptors (Lipinski definition) is 4. The summed E-state index contributed by atoms with van der Waals surface area (Å²) in [6.45, 7) is 4.45.